The number of rotatable bonds is 7. The Morgan fingerprint density at radius 3 is 2.46 bits per heavy atom. The second-order valence-electron chi connectivity index (χ2n) is 6.46. The van der Waals surface area contributed by atoms with Crippen LogP contribution in [0.15, 0.2) is 36.7 Å². The molecule has 0 aliphatic rings. The highest BCUT2D eigenvalue weighted by molar-refractivity contribution is 5.92. The van der Waals surface area contributed by atoms with Gasteiger partial charge in [-0.15, -0.1) is 12.4 Å². The predicted molar refractivity (Wildman–Crippen MR) is 100 cm³/mol. The Balaban J connectivity index is 0.00000288. The number of aryl methyl sites for hydroxylation is 1. The molecule has 24 heavy (non-hydrogen) atoms. The zero-order valence-corrected chi connectivity index (χ0v) is 15.3. The van der Waals surface area contributed by atoms with Crippen molar-refractivity contribution in [1.29, 1.82) is 0 Å². The maximum Gasteiger partial charge on any atom is 0.228 e. The fourth-order valence-electron chi connectivity index (χ4n) is 2.56. The molecule has 0 fully saturated rings. The molecular weight excluding hydrogens is 324 g/mol. The van der Waals surface area contributed by atoms with E-state index in [1.165, 1.54) is 0 Å². The second-order valence-corrected chi connectivity index (χ2v) is 6.46. The third-order valence-corrected chi connectivity index (χ3v) is 3.74. The average Bonchev–Trinajstić information content (AvgIpc) is 2.91. The highest BCUT2D eigenvalue weighted by Gasteiger charge is 2.18. The van der Waals surface area contributed by atoms with Gasteiger partial charge in [0.1, 0.15) is 0 Å². The summed E-state index contributed by atoms with van der Waals surface area (Å²) in [6.45, 7) is 7.32. The van der Waals surface area contributed by atoms with Gasteiger partial charge in [-0.05, 0) is 42.5 Å². The largest absolute Gasteiger partial charge is 0.330 e. The Bertz CT molecular complexity index is 637. The lowest BCUT2D eigenvalue weighted by molar-refractivity contribution is -0.120. The van der Waals surface area contributed by atoms with Crippen molar-refractivity contribution in [3.05, 3.63) is 47.8 Å². The fraction of sp³-hybridized carbons (Fsp3) is 0.444. The molecule has 1 amide bonds. The van der Waals surface area contributed by atoms with E-state index in [0.29, 0.717) is 12.5 Å². The molecule has 2 aromatic rings. The molecule has 0 saturated heterocycles. The molecule has 5 nitrogen and oxygen atoms in total. The van der Waals surface area contributed by atoms with Gasteiger partial charge in [-0.3, -0.25) is 9.48 Å². The van der Waals surface area contributed by atoms with Gasteiger partial charge in [-0.25, -0.2) is 0 Å². The molecule has 0 aliphatic heterocycles. The van der Waals surface area contributed by atoms with Crippen molar-refractivity contribution in [3.63, 3.8) is 0 Å². The number of hydrogen-bond donors (Lipinski definition) is 2. The van der Waals surface area contributed by atoms with Gasteiger partial charge in [0.05, 0.1) is 18.7 Å². The van der Waals surface area contributed by atoms with Crippen molar-refractivity contribution in [2.75, 3.05) is 11.9 Å². The minimum Gasteiger partial charge on any atom is -0.330 e. The molecule has 1 aromatic carbocycles. The number of aromatic nitrogens is 2. The number of carbonyl (C=O) groups is 1. The van der Waals surface area contributed by atoms with E-state index < -0.39 is 0 Å². The summed E-state index contributed by atoms with van der Waals surface area (Å²) < 4.78 is 1.90. The molecule has 2 rings (SSSR count). The highest BCUT2D eigenvalue weighted by Crippen LogP contribution is 2.15. The number of hydrogen-bond acceptors (Lipinski definition) is 3. The highest BCUT2D eigenvalue weighted by atomic mass is 35.5. The maximum atomic E-state index is 12.3. The Kier molecular flexibility index (Phi) is 7.95. The quantitative estimate of drug-likeness (QED) is 0.805. The van der Waals surface area contributed by atoms with E-state index in [-0.39, 0.29) is 24.2 Å². The summed E-state index contributed by atoms with van der Waals surface area (Å²) in [5.74, 6) is 0.313. The topological polar surface area (TPSA) is 72.9 Å². The number of nitrogens with two attached hydrogens (primary N) is 1. The number of nitrogens with zero attached hydrogens (tertiary/aromatic N) is 2. The van der Waals surface area contributed by atoms with E-state index in [1.807, 2.05) is 48.3 Å². The van der Waals surface area contributed by atoms with Crippen molar-refractivity contribution in [1.82, 2.24) is 9.78 Å². The molecule has 132 valence electrons. The van der Waals surface area contributed by atoms with Gasteiger partial charge < -0.3 is 11.1 Å². The number of amides is 1. The standard InChI is InChI=1S/C18H26N4O.ClH/c1-13(2)8-16(9-19)18(23)21-17-6-4-15(5-7-17)12-22-11-14(3)10-20-22;/h4-7,10-11,13,16H,8-9,12,19H2,1-3H3,(H,21,23);1H. The summed E-state index contributed by atoms with van der Waals surface area (Å²) >= 11 is 0. The minimum absolute atomic E-state index is 0. The first-order valence-electron chi connectivity index (χ1n) is 8.07. The van der Waals surface area contributed by atoms with Gasteiger partial charge in [0, 0.05) is 18.4 Å². The average molecular weight is 351 g/mol. The molecule has 6 heteroatoms. The van der Waals surface area contributed by atoms with Gasteiger partial charge >= 0.3 is 0 Å². The number of benzene rings is 1. The van der Waals surface area contributed by atoms with Gasteiger partial charge in [-0.2, -0.15) is 5.10 Å². The van der Waals surface area contributed by atoms with Crippen LogP contribution in [0.25, 0.3) is 0 Å². The normalized spacial score (nSPS) is 11.9. The smallest absolute Gasteiger partial charge is 0.228 e. The monoisotopic (exact) mass is 350 g/mol. The van der Waals surface area contributed by atoms with Gasteiger partial charge in [0.25, 0.3) is 0 Å². The molecule has 0 radical (unpaired) electrons. The minimum atomic E-state index is -0.137. The Hall–Kier alpha value is -1.85. The van der Waals surface area contributed by atoms with Crippen LogP contribution >= 0.6 is 12.4 Å². The van der Waals surface area contributed by atoms with Crippen LogP contribution in [0.5, 0.6) is 0 Å². The van der Waals surface area contributed by atoms with E-state index in [2.05, 4.69) is 24.3 Å². The first-order chi connectivity index (χ1) is 11.0. The molecule has 0 bridgehead atoms. The zero-order chi connectivity index (χ0) is 16.8. The number of halogens is 1. The van der Waals surface area contributed by atoms with Crippen LogP contribution in [0.3, 0.4) is 0 Å². The van der Waals surface area contributed by atoms with Crippen LogP contribution in [0.1, 0.15) is 31.4 Å². The molecule has 1 atom stereocenters. The van der Waals surface area contributed by atoms with Crippen molar-refractivity contribution in [2.45, 2.75) is 33.7 Å². The van der Waals surface area contributed by atoms with Gasteiger partial charge in [0.2, 0.25) is 5.91 Å². The third kappa shape index (κ3) is 5.98. The number of nitrogens with one attached hydrogen (secondary N) is 1. The maximum absolute atomic E-state index is 12.3. The molecule has 0 aliphatic carbocycles. The Morgan fingerprint density at radius 1 is 1.29 bits per heavy atom. The lowest BCUT2D eigenvalue weighted by atomic mass is 9.96. The van der Waals surface area contributed by atoms with Gasteiger partial charge in [-0.1, -0.05) is 26.0 Å². The Morgan fingerprint density at radius 2 is 1.96 bits per heavy atom. The van der Waals surface area contributed by atoms with Crippen molar-refractivity contribution in [2.24, 2.45) is 17.6 Å². The number of anilines is 1. The first kappa shape index (κ1) is 20.2. The predicted octanol–water partition coefficient (Wildman–Crippen LogP) is 3.22. The third-order valence-electron chi connectivity index (χ3n) is 3.74. The summed E-state index contributed by atoms with van der Waals surface area (Å²) in [7, 11) is 0. The SMILES string of the molecule is Cc1cnn(Cc2ccc(NC(=O)C(CN)CC(C)C)cc2)c1.Cl. The summed E-state index contributed by atoms with van der Waals surface area (Å²) in [5.41, 5.74) is 8.81. The molecule has 3 N–H and O–H groups in total. The summed E-state index contributed by atoms with van der Waals surface area (Å²) in [4.78, 5) is 12.3. The van der Waals surface area contributed by atoms with E-state index in [4.69, 9.17) is 5.73 Å². The summed E-state index contributed by atoms with van der Waals surface area (Å²) in [6, 6.07) is 7.86. The van der Waals surface area contributed by atoms with Crippen LogP contribution in [0.2, 0.25) is 0 Å². The van der Waals surface area contributed by atoms with E-state index in [9.17, 15) is 4.79 Å². The van der Waals surface area contributed by atoms with Crippen molar-refractivity contribution < 1.29 is 4.79 Å². The van der Waals surface area contributed by atoms with Crippen LogP contribution in [0, 0.1) is 18.8 Å². The fourth-order valence-corrected chi connectivity index (χ4v) is 2.56. The molecular formula is C18H27ClN4O. The zero-order valence-electron chi connectivity index (χ0n) is 14.5. The van der Waals surface area contributed by atoms with E-state index in [1.54, 1.807) is 0 Å². The van der Waals surface area contributed by atoms with Crippen molar-refractivity contribution >= 4 is 24.0 Å². The molecule has 1 heterocycles. The van der Waals surface area contributed by atoms with Crippen molar-refractivity contribution in [3.8, 4) is 0 Å². The van der Waals surface area contributed by atoms with E-state index >= 15 is 0 Å². The first-order valence-corrected chi connectivity index (χ1v) is 8.07. The lowest BCUT2D eigenvalue weighted by Crippen LogP contribution is -2.30. The number of carbonyl (C=O) groups excluding carboxylic acids is 1. The van der Waals surface area contributed by atoms with E-state index in [0.717, 1.165) is 29.8 Å². The Labute approximate surface area is 150 Å². The summed E-state index contributed by atoms with van der Waals surface area (Å²) in [5, 5.41) is 7.23. The summed E-state index contributed by atoms with van der Waals surface area (Å²) in [6.07, 6.45) is 4.66. The molecule has 1 unspecified atom stereocenters. The van der Waals surface area contributed by atoms with Gasteiger partial charge in [0.15, 0.2) is 0 Å². The molecule has 0 saturated carbocycles. The molecule has 1 aromatic heterocycles. The molecule has 0 spiro atoms. The second kappa shape index (κ2) is 9.45. The van der Waals surface area contributed by atoms with Crippen LogP contribution in [-0.2, 0) is 11.3 Å². The van der Waals surface area contributed by atoms with Crippen LogP contribution in [0.4, 0.5) is 5.69 Å². The van der Waals surface area contributed by atoms with Crippen LogP contribution < -0.4 is 11.1 Å². The van der Waals surface area contributed by atoms with Crippen LogP contribution in [-0.4, -0.2) is 22.2 Å². The lowest BCUT2D eigenvalue weighted by Gasteiger charge is -2.17.